The van der Waals surface area contributed by atoms with Crippen LogP contribution in [0.4, 0.5) is 0 Å². The van der Waals surface area contributed by atoms with E-state index in [0.29, 0.717) is 35.4 Å². The summed E-state index contributed by atoms with van der Waals surface area (Å²) in [6.45, 7) is 5.31. The largest absolute Gasteiger partial charge is 0.488 e. The Morgan fingerprint density at radius 1 is 1.41 bits per heavy atom. The van der Waals surface area contributed by atoms with Crippen molar-refractivity contribution in [1.29, 1.82) is 0 Å². The molecule has 1 saturated heterocycles. The third kappa shape index (κ3) is 3.84. The number of aliphatic hydroxyl groups excluding tert-OH is 1. The van der Waals surface area contributed by atoms with Crippen molar-refractivity contribution < 1.29 is 14.6 Å². The van der Waals surface area contributed by atoms with Crippen LogP contribution >= 0.6 is 23.2 Å². The van der Waals surface area contributed by atoms with Gasteiger partial charge in [-0.05, 0) is 26.0 Å². The van der Waals surface area contributed by atoms with Gasteiger partial charge in [0.25, 0.3) is 0 Å². The van der Waals surface area contributed by atoms with Crippen LogP contribution in [0.3, 0.4) is 0 Å². The molecule has 2 N–H and O–H groups in total. The summed E-state index contributed by atoms with van der Waals surface area (Å²) in [5.41, 5.74) is -0.652. The highest BCUT2D eigenvalue weighted by Gasteiger charge is 2.38. The molecule has 1 aliphatic heterocycles. The van der Waals surface area contributed by atoms with Crippen molar-refractivity contribution in [1.82, 2.24) is 10.2 Å². The molecule has 22 heavy (non-hydrogen) atoms. The zero-order chi connectivity index (χ0) is 16.3. The van der Waals surface area contributed by atoms with Crippen molar-refractivity contribution in [3.63, 3.8) is 0 Å². The first-order valence-electron chi connectivity index (χ1n) is 7.10. The number of β-amino-alcohol motifs (C(OH)–C–C–N with tert-alkyl or cyclic N) is 1. The Labute approximate surface area is 140 Å². The average molecular weight is 347 g/mol. The topological polar surface area (TPSA) is 61.8 Å². The zero-order valence-electron chi connectivity index (χ0n) is 12.6. The van der Waals surface area contributed by atoms with E-state index in [9.17, 15) is 9.90 Å². The molecule has 5 nitrogen and oxygen atoms in total. The summed E-state index contributed by atoms with van der Waals surface area (Å²) in [5.74, 6) is 0.321. The van der Waals surface area contributed by atoms with Crippen LogP contribution in [0, 0.1) is 0 Å². The van der Waals surface area contributed by atoms with E-state index in [1.807, 2.05) is 18.7 Å². The minimum Gasteiger partial charge on any atom is -0.488 e. The van der Waals surface area contributed by atoms with Gasteiger partial charge in [-0.1, -0.05) is 29.3 Å². The molecule has 1 aromatic carbocycles. The molecular formula is C15H20Cl2N2O3. The molecule has 0 aliphatic carbocycles. The number of carbonyl (C=O) groups excluding carboxylic acids is 1. The number of amides is 1. The van der Waals surface area contributed by atoms with Crippen LogP contribution in [0.5, 0.6) is 5.75 Å². The van der Waals surface area contributed by atoms with Crippen LogP contribution in [-0.4, -0.2) is 53.8 Å². The molecule has 122 valence electrons. The number of nitrogens with one attached hydrogen (secondary N) is 1. The van der Waals surface area contributed by atoms with Gasteiger partial charge in [-0.3, -0.25) is 9.69 Å². The molecule has 0 saturated carbocycles. The number of aliphatic hydroxyl groups is 1. The van der Waals surface area contributed by atoms with Crippen molar-refractivity contribution in [2.24, 2.45) is 0 Å². The molecule has 1 aromatic rings. The third-order valence-electron chi connectivity index (χ3n) is 3.78. The fourth-order valence-corrected chi connectivity index (χ4v) is 2.88. The maximum Gasteiger partial charge on any atom is 0.240 e. The minimum absolute atomic E-state index is 0.0407. The second-order valence-electron chi connectivity index (χ2n) is 5.78. The summed E-state index contributed by atoms with van der Waals surface area (Å²) in [6.07, 6.45) is -0.752. The molecule has 0 aromatic heterocycles. The van der Waals surface area contributed by atoms with Crippen molar-refractivity contribution in [3.8, 4) is 5.75 Å². The van der Waals surface area contributed by atoms with Gasteiger partial charge in [0.15, 0.2) is 5.75 Å². The number of nitrogens with zero attached hydrogens (tertiary/aromatic N) is 1. The number of ether oxygens (including phenoxy) is 1. The van der Waals surface area contributed by atoms with Gasteiger partial charge < -0.3 is 15.2 Å². The number of carbonyl (C=O) groups is 1. The van der Waals surface area contributed by atoms with E-state index in [0.717, 1.165) is 0 Å². The molecule has 1 aliphatic rings. The average Bonchev–Trinajstić information content (AvgIpc) is 2.44. The molecule has 1 amide bonds. The van der Waals surface area contributed by atoms with E-state index in [4.69, 9.17) is 27.9 Å². The minimum atomic E-state index is -0.752. The Bertz CT molecular complexity index is 531. The molecular weight excluding hydrogens is 327 g/mol. The Balaban J connectivity index is 1.93. The summed E-state index contributed by atoms with van der Waals surface area (Å²) in [6, 6.07) is 5.07. The highest BCUT2D eigenvalue weighted by atomic mass is 35.5. The lowest BCUT2D eigenvalue weighted by Gasteiger charge is -2.41. The molecule has 0 spiro atoms. The van der Waals surface area contributed by atoms with Gasteiger partial charge in [0.2, 0.25) is 5.91 Å². The second-order valence-corrected chi connectivity index (χ2v) is 6.59. The van der Waals surface area contributed by atoms with Crippen LogP contribution < -0.4 is 10.1 Å². The van der Waals surface area contributed by atoms with E-state index in [-0.39, 0.29) is 12.5 Å². The van der Waals surface area contributed by atoms with Crippen molar-refractivity contribution in [2.45, 2.75) is 25.5 Å². The first-order valence-corrected chi connectivity index (χ1v) is 7.86. The van der Waals surface area contributed by atoms with E-state index in [1.165, 1.54) is 0 Å². The Morgan fingerprint density at radius 2 is 2.05 bits per heavy atom. The van der Waals surface area contributed by atoms with Gasteiger partial charge in [0, 0.05) is 19.6 Å². The van der Waals surface area contributed by atoms with Crippen LogP contribution in [0.15, 0.2) is 18.2 Å². The molecule has 1 fully saturated rings. The third-order valence-corrected chi connectivity index (χ3v) is 4.38. The normalized spacial score (nSPS) is 19.6. The molecule has 0 radical (unpaired) electrons. The van der Waals surface area contributed by atoms with Crippen molar-refractivity contribution >= 4 is 29.1 Å². The predicted octanol–water partition coefficient (Wildman–Crippen LogP) is 1.94. The predicted molar refractivity (Wildman–Crippen MR) is 86.6 cm³/mol. The van der Waals surface area contributed by atoms with Crippen molar-refractivity contribution in [2.75, 3.05) is 26.2 Å². The molecule has 1 atom stereocenters. The molecule has 1 unspecified atom stereocenters. The maximum atomic E-state index is 11.9. The summed E-state index contributed by atoms with van der Waals surface area (Å²) in [4.78, 5) is 13.8. The quantitative estimate of drug-likeness (QED) is 0.855. The number of benzene rings is 1. The first kappa shape index (κ1) is 17.3. The van der Waals surface area contributed by atoms with Crippen LogP contribution in [0.1, 0.15) is 13.8 Å². The SMILES string of the molecule is CC1(C)C(=O)NCCN1CC(O)COc1c(Cl)cccc1Cl. The van der Waals surface area contributed by atoms with E-state index in [2.05, 4.69) is 5.32 Å². The number of para-hydroxylation sites is 1. The maximum absolute atomic E-state index is 11.9. The Kier molecular flexibility index (Phi) is 5.55. The number of piperazine rings is 1. The summed E-state index contributed by atoms with van der Waals surface area (Å²) in [7, 11) is 0. The number of hydrogen-bond acceptors (Lipinski definition) is 4. The summed E-state index contributed by atoms with van der Waals surface area (Å²) < 4.78 is 5.52. The number of hydrogen-bond donors (Lipinski definition) is 2. The highest BCUT2D eigenvalue weighted by Crippen LogP contribution is 2.32. The monoisotopic (exact) mass is 346 g/mol. The lowest BCUT2D eigenvalue weighted by molar-refractivity contribution is -0.136. The van der Waals surface area contributed by atoms with E-state index >= 15 is 0 Å². The molecule has 1 heterocycles. The second kappa shape index (κ2) is 7.04. The zero-order valence-corrected chi connectivity index (χ0v) is 14.1. The smallest absolute Gasteiger partial charge is 0.240 e. The summed E-state index contributed by atoms with van der Waals surface area (Å²) >= 11 is 12.0. The number of halogens is 2. The van der Waals surface area contributed by atoms with Gasteiger partial charge in [-0.2, -0.15) is 0 Å². The van der Waals surface area contributed by atoms with Gasteiger partial charge in [-0.25, -0.2) is 0 Å². The standard InChI is InChI=1S/C15H20Cl2N2O3/c1-15(2)14(21)18-6-7-19(15)8-10(20)9-22-13-11(16)4-3-5-12(13)17/h3-5,10,20H,6-9H2,1-2H3,(H,18,21). The van der Waals surface area contributed by atoms with Crippen molar-refractivity contribution in [3.05, 3.63) is 28.2 Å². The van der Waals surface area contributed by atoms with Gasteiger partial charge in [0.1, 0.15) is 12.7 Å². The van der Waals surface area contributed by atoms with Gasteiger partial charge >= 0.3 is 0 Å². The van der Waals surface area contributed by atoms with Crippen LogP contribution in [0.2, 0.25) is 10.0 Å². The van der Waals surface area contributed by atoms with E-state index < -0.39 is 11.6 Å². The van der Waals surface area contributed by atoms with Crippen LogP contribution in [0.25, 0.3) is 0 Å². The fourth-order valence-electron chi connectivity index (χ4n) is 2.37. The molecule has 7 heteroatoms. The van der Waals surface area contributed by atoms with E-state index in [1.54, 1.807) is 18.2 Å². The van der Waals surface area contributed by atoms with Crippen LogP contribution in [-0.2, 0) is 4.79 Å². The molecule has 0 bridgehead atoms. The summed E-state index contributed by atoms with van der Waals surface area (Å²) in [5, 5.41) is 13.8. The highest BCUT2D eigenvalue weighted by molar-refractivity contribution is 6.37. The lowest BCUT2D eigenvalue weighted by atomic mass is 9.98. The molecule has 2 rings (SSSR count). The lowest BCUT2D eigenvalue weighted by Crippen LogP contribution is -2.63. The first-order chi connectivity index (χ1) is 10.3. The Morgan fingerprint density at radius 3 is 2.68 bits per heavy atom. The fraction of sp³-hybridized carbons (Fsp3) is 0.533. The number of rotatable bonds is 5. The van der Waals surface area contributed by atoms with Gasteiger partial charge in [0.05, 0.1) is 15.6 Å². The Hall–Kier alpha value is -1.01. The van der Waals surface area contributed by atoms with Gasteiger partial charge in [-0.15, -0.1) is 0 Å².